The van der Waals surface area contributed by atoms with Gasteiger partial charge in [0.2, 0.25) is 0 Å². The summed E-state index contributed by atoms with van der Waals surface area (Å²) >= 11 is 0. The standard InChI is InChI=1S/C21H19F3N4O/c1-12-8-15(9-25-14(12)3)18-10-26-28-13(2)11-27(20(29)19(18)28)17-6-4-16(5-7-17)21(22,23)24/h4-10,13H,11H2,1-3H3/t13-/m0/s1. The van der Waals surface area contributed by atoms with Gasteiger partial charge in [-0.1, -0.05) is 0 Å². The maximum absolute atomic E-state index is 13.3. The molecule has 150 valence electrons. The lowest BCUT2D eigenvalue weighted by molar-refractivity contribution is -0.137. The summed E-state index contributed by atoms with van der Waals surface area (Å²) < 4.78 is 40.3. The average Bonchev–Trinajstić information content (AvgIpc) is 3.12. The molecular weight excluding hydrogens is 381 g/mol. The van der Waals surface area contributed by atoms with Crippen LogP contribution >= 0.6 is 0 Å². The number of hydrogen-bond acceptors (Lipinski definition) is 3. The van der Waals surface area contributed by atoms with Crippen LogP contribution in [-0.4, -0.2) is 27.2 Å². The summed E-state index contributed by atoms with van der Waals surface area (Å²) in [7, 11) is 0. The van der Waals surface area contributed by atoms with Crippen molar-refractivity contribution in [2.75, 3.05) is 11.4 Å². The molecule has 29 heavy (non-hydrogen) atoms. The SMILES string of the molecule is Cc1cc(-c2cnn3c2C(=O)N(c2ccc(C(F)(F)F)cc2)C[C@@H]3C)cnc1C. The molecule has 1 aliphatic rings. The van der Waals surface area contributed by atoms with Crippen LogP contribution in [0.3, 0.4) is 0 Å². The first-order chi connectivity index (χ1) is 13.7. The Bertz CT molecular complexity index is 1090. The molecule has 0 aliphatic carbocycles. The van der Waals surface area contributed by atoms with Crippen molar-refractivity contribution in [3.05, 3.63) is 65.2 Å². The van der Waals surface area contributed by atoms with Crippen LogP contribution in [0.4, 0.5) is 18.9 Å². The normalized spacial score (nSPS) is 16.8. The second kappa shape index (κ2) is 6.72. The van der Waals surface area contributed by atoms with Crippen molar-refractivity contribution < 1.29 is 18.0 Å². The lowest BCUT2D eigenvalue weighted by atomic mass is 10.0. The van der Waals surface area contributed by atoms with E-state index < -0.39 is 11.7 Å². The van der Waals surface area contributed by atoms with Crippen molar-refractivity contribution in [3.63, 3.8) is 0 Å². The van der Waals surface area contributed by atoms with Gasteiger partial charge in [0.05, 0.1) is 17.8 Å². The maximum Gasteiger partial charge on any atom is 0.416 e. The van der Waals surface area contributed by atoms with E-state index in [0.29, 0.717) is 23.5 Å². The van der Waals surface area contributed by atoms with Crippen molar-refractivity contribution in [1.29, 1.82) is 0 Å². The van der Waals surface area contributed by atoms with Crippen molar-refractivity contribution >= 4 is 11.6 Å². The summed E-state index contributed by atoms with van der Waals surface area (Å²) in [5.74, 6) is -0.298. The molecule has 3 aromatic rings. The predicted molar refractivity (Wildman–Crippen MR) is 103 cm³/mol. The molecule has 0 bridgehead atoms. The summed E-state index contributed by atoms with van der Waals surface area (Å²) in [6.45, 7) is 6.10. The Hall–Kier alpha value is -3.16. The lowest BCUT2D eigenvalue weighted by Gasteiger charge is -2.32. The van der Waals surface area contributed by atoms with E-state index in [-0.39, 0.29) is 11.9 Å². The summed E-state index contributed by atoms with van der Waals surface area (Å²) in [5.41, 5.74) is 3.43. The number of benzene rings is 1. The predicted octanol–water partition coefficient (Wildman–Crippen LogP) is 4.80. The van der Waals surface area contributed by atoms with Crippen LogP contribution in [0.2, 0.25) is 0 Å². The van der Waals surface area contributed by atoms with Gasteiger partial charge < -0.3 is 4.90 Å². The van der Waals surface area contributed by atoms with Gasteiger partial charge in [-0.2, -0.15) is 18.3 Å². The minimum Gasteiger partial charge on any atom is -0.305 e. The number of pyridine rings is 1. The Balaban J connectivity index is 1.75. The quantitative estimate of drug-likeness (QED) is 0.621. The molecule has 3 heterocycles. The number of rotatable bonds is 2. The van der Waals surface area contributed by atoms with Crippen LogP contribution < -0.4 is 4.90 Å². The molecule has 8 heteroatoms. The molecule has 1 aromatic carbocycles. The number of carbonyl (C=O) groups is 1. The number of hydrogen-bond donors (Lipinski definition) is 0. The summed E-state index contributed by atoms with van der Waals surface area (Å²) in [4.78, 5) is 19.1. The first-order valence-electron chi connectivity index (χ1n) is 9.17. The van der Waals surface area contributed by atoms with Crippen molar-refractivity contribution in [1.82, 2.24) is 14.8 Å². The zero-order valence-corrected chi connectivity index (χ0v) is 16.2. The fourth-order valence-corrected chi connectivity index (χ4v) is 3.52. The molecule has 0 radical (unpaired) electrons. The molecule has 0 unspecified atom stereocenters. The molecule has 0 spiro atoms. The first kappa shape index (κ1) is 19.2. The zero-order valence-electron chi connectivity index (χ0n) is 16.2. The number of aromatic nitrogens is 3. The van der Waals surface area contributed by atoms with Crippen LogP contribution in [0.15, 0.2) is 42.7 Å². The number of amides is 1. The van der Waals surface area contributed by atoms with Crippen LogP contribution in [-0.2, 0) is 6.18 Å². The molecule has 0 fully saturated rings. The monoisotopic (exact) mass is 400 g/mol. The van der Waals surface area contributed by atoms with Gasteiger partial charge in [-0.15, -0.1) is 0 Å². The van der Waals surface area contributed by atoms with Gasteiger partial charge in [0, 0.05) is 35.2 Å². The van der Waals surface area contributed by atoms with E-state index in [1.165, 1.54) is 17.0 Å². The Morgan fingerprint density at radius 1 is 1.10 bits per heavy atom. The number of anilines is 1. The van der Waals surface area contributed by atoms with E-state index >= 15 is 0 Å². The van der Waals surface area contributed by atoms with E-state index in [9.17, 15) is 18.0 Å². The number of aryl methyl sites for hydroxylation is 2. The highest BCUT2D eigenvalue weighted by Crippen LogP contribution is 2.35. The third-order valence-electron chi connectivity index (χ3n) is 5.26. The number of carbonyl (C=O) groups excluding carboxylic acids is 1. The van der Waals surface area contributed by atoms with Crippen LogP contribution in [0.25, 0.3) is 11.1 Å². The molecule has 2 aromatic heterocycles. The highest BCUT2D eigenvalue weighted by atomic mass is 19.4. The highest BCUT2D eigenvalue weighted by molar-refractivity contribution is 6.09. The molecule has 0 saturated heterocycles. The van der Waals surface area contributed by atoms with Gasteiger partial charge >= 0.3 is 6.18 Å². The summed E-state index contributed by atoms with van der Waals surface area (Å²) in [6, 6.07) is 6.47. The van der Waals surface area contributed by atoms with Crippen LogP contribution in [0.1, 0.15) is 40.3 Å². The van der Waals surface area contributed by atoms with Gasteiger partial charge in [-0.05, 0) is 56.7 Å². The molecule has 0 N–H and O–H groups in total. The van der Waals surface area contributed by atoms with E-state index in [4.69, 9.17) is 0 Å². The first-order valence-corrected chi connectivity index (χ1v) is 9.17. The molecule has 4 rings (SSSR count). The number of fused-ring (bicyclic) bond motifs is 1. The number of halogens is 3. The van der Waals surface area contributed by atoms with Crippen molar-refractivity contribution in [2.24, 2.45) is 0 Å². The van der Waals surface area contributed by atoms with Gasteiger partial charge in [0.1, 0.15) is 5.69 Å². The fourth-order valence-electron chi connectivity index (χ4n) is 3.52. The van der Waals surface area contributed by atoms with Gasteiger partial charge in [0.25, 0.3) is 5.91 Å². The lowest BCUT2D eigenvalue weighted by Crippen LogP contribution is -2.42. The Morgan fingerprint density at radius 3 is 2.41 bits per heavy atom. The second-order valence-electron chi connectivity index (χ2n) is 7.29. The molecule has 5 nitrogen and oxygen atoms in total. The Morgan fingerprint density at radius 2 is 1.79 bits per heavy atom. The smallest absolute Gasteiger partial charge is 0.305 e. The minimum absolute atomic E-state index is 0.127. The molecule has 1 atom stereocenters. The van der Waals surface area contributed by atoms with E-state index in [2.05, 4.69) is 10.1 Å². The van der Waals surface area contributed by atoms with Crippen LogP contribution in [0.5, 0.6) is 0 Å². The Kier molecular flexibility index (Phi) is 4.44. The molecular formula is C21H19F3N4O. The summed E-state index contributed by atoms with van der Waals surface area (Å²) in [5, 5.41) is 4.38. The van der Waals surface area contributed by atoms with Gasteiger partial charge in [0.15, 0.2) is 0 Å². The van der Waals surface area contributed by atoms with E-state index in [1.54, 1.807) is 17.1 Å². The largest absolute Gasteiger partial charge is 0.416 e. The zero-order chi connectivity index (χ0) is 20.9. The average molecular weight is 400 g/mol. The number of nitrogens with zero attached hydrogens (tertiary/aromatic N) is 4. The van der Waals surface area contributed by atoms with Crippen molar-refractivity contribution in [3.8, 4) is 11.1 Å². The Labute approximate surface area is 165 Å². The number of alkyl halides is 3. The molecule has 1 aliphatic heterocycles. The molecule has 0 saturated carbocycles. The molecule has 1 amide bonds. The van der Waals surface area contributed by atoms with Gasteiger partial charge in [-0.25, -0.2) is 0 Å². The fraction of sp³-hybridized carbons (Fsp3) is 0.286. The maximum atomic E-state index is 13.3. The second-order valence-corrected chi connectivity index (χ2v) is 7.29. The van der Waals surface area contributed by atoms with Gasteiger partial charge in [-0.3, -0.25) is 14.5 Å². The third kappa shape index (κ3) is 3.28. The van der Waals surface area contributed by atoms with Crippen molar-refractivity contribution in [2.45, 2.75) is 33.0 Å². The summed E-state index contributed by atoms with van der Waals surface area (Å²) in [6.07, 6.45) is -1.07. The topological polar surface area (TPSA) is 51.0 Å². The van der Waals surface area contributed by atoms with Crippen LogP contribution in [0, 0.1) is 13.8 Å². The third-order valence-corrected chi connectivity index (χ3v) is 5.26. The van der Waals surface area contributed by atoms with E-state index in [1.807, 2.05) is 26.8 Å². The van der Waals surface area contributed by atoms with E-state index in [0.717, 1.165) is 29.0 Å². The minimum atomic E-state index is -4.42. The highest BCUT2D eigenvalue weighted by Gasteiger charge is 2.35.